The van der Waals surface area contributed by atoms with Gasteiger partial charge in [0.25, 0.3) is 0 Å². The van der Waals surface area contributed by atoms with Crippen molar-refractivity contribution < 1.29 is 0 Å². The highest BCUT2D eigenvalue weighted by Gasteiger charge is 2.22. The van der Waals surface area contributed by atoms with Crippen LogP contribution in [0.3, 0.4) is 0 Å². The van der Waals surface area contributed by atoms with Crippen LogP contribution in [0.15, 0.2) is 58.5 Å². The summed E-state index contributed by atoms with van der Waals surface area (Å²) in [6.45, 7) is 8.58. The first-order chi connectivity index (χ1) is 8.36. The highest BCUT2D eigenvalue weighted by atomic mass is 32.2. The van der Waals surface area contributed by atoms with E-state index >= 15 is 0 Å². The number of rotatable bonds is 4. The molecule has 1 radical (unpaired) electrons. The average molecular weight is 242 g/mol. The maximum absolute atomic E-state index is 5.33. The number of thioether (sulfide) groups is 1. The lowest BCUT2D eigenvalue weighted by Crippen LogP contribution is -2.18. The second-order valence-electron chi connectivity index (χ2n) is 3.80. The number of hydrogen-bond donors (Lipinski definition) is 0. The highest BCUT2D eigenvalue weighted by molar-refractivity contribution is 8.03. The van der Waals surface area contributed by atoms with Crippen LogP contribution in [0.25, 0.3) is 0 Å². The molecule has 0 saturated heterocycles. The maximum Gasteiger partial charge on any atom is 0.0801 e. The van der Waals surface area contributed by atoms with Gasteiger partial charge in [-0.15, -0.1) is 0 Å². The molecule has 1 nitrogen and oxygen atoms in total. The third-order valence-electron chi connectivity index (χ3n) is 2.54. The van der Waals surface area contributed by atoms with Crippen LogP contribution < -0.4 is 4.90 Å². The summed E-state index contributed by atoms with van der Waals surface area (Å²) in [6, 6.07) is 8.52. The summed E-state index contributed by atoms with van der Waals surface area (Å²) in [5.74, 6) is 0. The molecule has 1 aromatic rings. The fourth-order valence-corrected chi connectivity index (χ4v) is 2.93. The Balaban J connectivity index is 2.29. The second-order valence-corrected chi connectivity index (χ2v) is 4.87. The zero-order valence-corrected chi connectivity index (χ0v) is 10.8. The fraction of sp³-hybridized carbons (Fsp3) is 0.200. The molecule has 0 N–H and O–H groups in total. The van der Waals surface area contributed by atoms with E-state index in [1.807, 2.05) is 23.9 Å². The molecule has 17 heavy (non-hydrogen) atoms. The van der Waals surface area contributed by atoms with Gasteiger partial charge >= 0.3 is 0 Å². The Morgan fingerprint density at radius 1 is 1.29 bits per heavy atom. The smallest absolute Gasteiger partial charge is 0.0801 e. The topological polar surface area (TPSA) is 3.24 Å². The van der Waals surface area contributed by atoms with Gasteiger partial charge in [0.1, 0.15) is 0 Å². The Labute approximate surface area is 108 Å². The number of fused-ring (bicyclic) bond motifs is 1. The van der Waals surface area contributed by atoms with E-state index in [1.54, 1.807) is 6.08 Å². The minimum absolute atomic E-state index is 1.05. The number of allylic oxidation sites excluding steroid dienone is 4. The standard InChI is InChI=1S/C15H16NS/c1-3-5-6-11-15-16(12-4-2)13-9-7-8-10-14(13)17-15/h1,3,5-11H,4,12H2,2H3/b3-1?,6-5+,15-11+. The van der Waals surface area contributed by atoms with Crippen LogP contribution in [0.4, 0.5) is 5.69 Å². The van der Waals surface area contributed by atoms with Crippen molar-refractivity contribution in [2.45, 2.75) is 18.2 Å². The molecule has 1 aliphatic rings. The van der Waals surface area contributed by atoms with Crippen molar-refractivity contribution in [3.8, 4) is 0 Å². The molecule has 0 spiro atoms. The quantitative estimate of drug-likeness (QED) is 0.720. The summed E-state index contributed by atoms with van der Waals surface area (Å²) in [7, 11) is 0. The van der Waals surface area contributed by atoms with Crippen molar-refractivity contribution in [2.24, 2.45) is 0 Å². The monoisotopic (exact) mass is 242 g/mol. The Morgan fingerprint density at radius 2 is 2.12 bits per heavy atom. The molecule has 0 unspecified atom stereocenters. The van der Waals surface area contributed by atoms with E-state index in [9.17, 15) is 0 Å². The van der Waals surface area contributed by atoms with Crippen LogP contribution in [0.5, 0.6) is 0 Å². The van der Waals surface area contributed by atoms with Crippen LogP contribution in [0.1, 0.15) is 13.3 Å². The van der Waals surface area contributed by atoms with E-state index in [0.29, 0.717) is 0 Å². The van der Waals surface area contributed by atoms with Gasteiger partial charge in [-0.1, -0.05) is 55.6 Å². The minimum Gasteiger partial charge on any atom is -0.335 e. The van der Waals surface area contributed by atoms with Gasteiger partial charge in [-0.3, -0.25) is 0 Å². The molecule has 1 aromatic carbocycles. The number of anilines is 1. The number of para-hydroxylation sites is 1. The molecule has 1 heterocycles. The van der Waals surface area contributed by atoms with Crippen molar-refractivity contribution in [1.82, 2.24) is 0 Å². The summed E-state index contributed by atoms with van der Waals surface area (Å²) in [5.41, 5.74) is 1.32. The Bertz CT molecular complexity index is 460. The zero-order valence-electron chi connectivity index (χ0n) is 9.97. The van der Waals surface area contributed by atoms with Crippen molar-refractivity contribution in [3.05, 3.63) is 60.2 Å². The summed E-state index contributed by atoms with van der Waals surface area (Å²) in [6.07, 6.45) is 8.63. The molecule has 0 saturated carbocycles. The fourth-order valence-electron chi connectivity index (χ4n) is 1.83. The minimum atomic E-state index is 1.05. The molecule has 0 aliphatic carbocycles. The Hall–Kier alpha value is -1.41. The van der Waals surface area contributed by atoms with Gasteiger partial charge in [0.15, 0.2) is 0 Å². The van der Waals surface area contributed by atoms with Crippen LogP contribution >= 0.6 is 11.8 Å². The Kier molecular flexibility index (Phi) is 4.10. The van der Waals surface area contributed by atoms with Gasteiger partial charge in [0, 0.05) is 11.4 Å². The molecule has 0 bridgehead atoms. The molecule has 0 amide bonds. The van der Waals surface area contributed by atoms with Crippen molar-refractivity contribution in [3.63, 3.8) is 0 Å². The molecular formula is C15H16NS. The van der Waals surface area contributed by atoms with Crippen LogP contribution in [-0.2, 0) is 0 Å². The van der Waals surface area contributed by atoms with Gasteiger partial charge < -0.3 is 4.90 Å². The van der Waals surface area contributed by atoms with E-state index in [4.69, 9.17) is 6.58 Å². The lowest BCUT2D eigenvalue weighted by atomic mass is 10.3. The lowest BCUT2D eigenvalue weighted by molar-refractivity contribution is 0.873. The van der Waals surface area contributed by atoms with E-state index in [2.05, 4.69) is 42.2 Å². The Morgan fingerprint density at radius 3 is 2.88 bits per heavy atom. The number of hydrogen-bond acceptors (Lipinski definition) is 2. The SMILES string of the molecule is [CH]=C/C=C/C=C1/Sc2ccccc2N1CCC. The molecular weight excluding hydrogens is 226 g/mol. The molecule has 0 atom stereocenters. The average Bonchev–Trinajstić information content (AvgIpc) is 2.69. The van der Waals surface area contributed by atoms with E-state index in [1.165, 1.54) is 15.6 Å². The molecule has 87 valence electrons. The van der Waals surface area contributed by atoms with Crippen LogP contribution in [0, 0.1) is 6.58 Å². The molecule has 0 fully saturated rings. The van der Waals surface area contributed by atoms with Crippen molar-refractivity contribution in [1.29, 1.82) is 0 Å². The predicted molar refractivity (Wildman–Crippen MR) is 76.0 cm³/mol. The molecule has 1 aliphatic heterocycles. The summed E-state index contributed by atoms with van der Waals surface area (Å²) >= 11 is 1.82. The third-order valence-corrected chi connectivity index (χ3v) is 3.68. The maximum atomic E-state index is 5.33. The van der Waals surface area contributed by atoms with E-state index in [0.717, 1.165) is 13.0 Å². The van der Waals surface area contributed by atoms with Gasteiger partial charge in [0.05, 0.1) is 10.7 Å². The second kappa shape index (κ2) is 5.78. The first-order valence-corrected chi connectivity index (χ1v) is 6.64. The highest BCUT2D eigenvalue weighted by Crippen LogP contribution is 2.45. The van der Waals surface area contributed by atoms with Gasteiger partial charge in [-0.25, -0.2) is 0 Å². The number of benzene rings is 1. The predicted octanol–water partition coefficient (Wildman–Crippen LogP) is 4.40. The summed E-state index contributed by atoms with van der Waals surface area (Å²) < 4.78 is 0. The first kappa shape index (κ1) is 12.1. The van der Waals surface area contributed by atoms with Crippen molar-refractivity contribution in [2.75, 3.05) is 11.4 Å². The third kappa shape index (κ3) is 2.64. The summed E-state index contributed by atoms with van der Waals surface area (Å²) in [4.78, 5) is 3.69. The number of nitrogens with zero attached hydrogens (tertiary/aromatic N) is 1. The summed E-state index contributed by atoms with van der Waals surface area (Å²) in [5, 5.41) is 1.27. The largest absolute Gasteiger partial charge is 0.335 e. The van der Waals surface area contributed by atoms with Crippen LogP contribution in [-0.4, -0.2) is 6.54 Å². The van der Waals surface area contributed by atoms with Crippen LogP contribution in [0.2, 0.25) is 0 Å². The van der Waals surface area contributed by atoms with E-state index < -0.39 is 0 Å². The molecule has 0 aromatic heterocycles. The molecule has 2 heteroatoms. The molecule has 2 rings (SSSR count). The van der Waals surface area contributed by atoms with E-state index in [-0.39, 0.29) is 0 Å². The lowest BCUT2D eigenvalue weighted by Gasteiger charge is -2.19. The van der Waals surface area contributed by atoms with Gasteiger partial charge in [-0.2, -0.15) is 0 Å². The van der Waals surface area contributed by atoms with Crippen molar-refractivity contribution >= 4 is 17.4 Å². The zero-order chi connectivity index (χ0) is 12.1. The van der Waals surface area contributed by atoms with Gasteiger partial charge in [-0.05, 0) is 24.6 Å². The van der Waals surface area contributed by atoms with Gasteiger partial charge in [0.2, 0.25) is 0 Å². The normalized spacial score (nSPS) is 16.8. The first-order valence-electron chi connectivity index (χ1n) is 5.83.